The number of hydrogen-bond acceptors (Lipinski definition) is 5. The summed E-state index contributed by atoms with van der Waals surface area (Å²) in [5, 5.41) is 1.01. The number of nitrogens with zero attached hydrogens (tertiary/aromatic N) is 1. The molecule has 0 aliphatic heterocycles. The molecule has 6 nitrogen and oxygen atoms in total. The Labute approximate surface area is 164 Å². The molecule has 6 heteroatoms. The molecule has 1 atom stereocenters. The molecule has 3 aromatic rings. The molecule has 0 spiro atoms. The number of carbonyl (C=O) groups excluding carboxylic acids is 1. The number of ether oxygens (including phenoxy) is 3. The Balaban J connectivity index is 1.96. The molecule has 0 bridgehead atoms. The summed E-state index contributed by atoms with van der Waals surface area (Å²) in [7, 11) is 4.59. The summed E-state index contributed by atoms with van der Waals surface area (Å²) in [6, 6.07) is 12.9. The topological polar surface area (TPSA) is 61.1 Å². The summed E-state index contributed by atoms with van der Waals surface area (Å²) in [5.74, 6) is 1.93. The quantitative estimate of drug-likeness (QED) is 0.593. The van der Waals surface area contributed by atoms with Gasteiger partial charge in [-0.25, -0.2) is 0 Å². The van der Waals surface area contributed by atoms with Crippen molar-refractivity contribution in [2.75, 3.05) is 27.9 Å². The highest BCUT2D eigenvalue weighted by atomic mass is 16.5. The second-order valence-corrected chi connectivity index (χ2v) is 6.37. The number of carbonyl (C=O) groups is 1. The number of amides is 1. The van der Waals surface area contributed by atoms with Crippen molar-refractivity contribution in [3.8, 4) is 17.2 Å². The highest BCUT2D eigenvalue weighted by molar-refractivity contribution is 5.96. The maximum absolute atomic E-state index is 13.3. The fourth-order valence-corrected chi connectivity index (χ4v) is 3.33. The van der Waals surface area contributed by atoms with Crippen molar-refractivity contribution in [2.45, 2.75) is 19.9 Å². The molecule has 0 fully saturated rings. The first-order valence-corrected chi connectivity index (χ1v) is 9.13. The Morgan fingerprint density at radius 2 is 1.68 bits per heavy atom. The van der Waals surface area contributed by atoms with Gasteiger partial charge in [0.15, 0.2) is 11.5 Å². The number of benzene rings is 2. The average Bonchev–Trinajstić information content (AvgIpc) is 3.17. The van der Waals surface area contributed by atoms with Gasteiger partial charge in [0.1, 0.15) is 11.3 Å². The van der Waals surface area contributed by atoms with E-state index >= 15 is 0 Å². The van der Waals surface area contributed by atoms with Gasteiger partial charge in [-0.1, -0.05) is 18.2 Å². The Hall–Kier alpha value is -3.15. The smallest absolute Gasteiger partial charge is 0.254 e. The van der Waals surface area contributed by atoms with E-state index in [2.05, 4.69) is 0 Å². The number of methoxy groups -OCH3 is 3. The Morgan fingerprint density at radius 1 is 1.04 bits per heavy atom. The molecule has 1 heterocycles. The summed E-state index contributed by atoms with van der Waals surface area (Å²) in [6.07, 6.45) is 0. The van der Waals surface area contributed by atoms with Crippen LogP contribution in [0.15, 0.2) is 46.9 Å². The van der Waals surface area contributed by atoms with E-state index in [1.165, 1.54) is 21.3 Å². The molecular weight excluding hydrogens is 358 g/mol. The third-order valence-electron chi connectivity index (χ3n) is 4.84. The molecule has 0 aliphatic carbocycles. The lowest BCUT2D eigenvalue weighted by atomic mass is 10.1. The van der Waals surface area contributed by atoms with Crippen LogP contribution in [-0.4, -0.2) is 38.7 Å². The number of furan rings is 1. The number of para-hydroxylation sites is 1. The molecule has 2 aromatic carbocycles. The van der Waals surface area contributed by atoms with Gasteiger partial charge in [0.25, 0.3) is 5.91 Å². The lowest BCUT2D eigenvalue weighted by Crippen LogP contribution is -2.33. The number of rotatable bonds is 7. The predicted octanol–water partition coefficient (Wildman–Crippen LogP) is 4.68. The van der Waals surface area contributed by atoms with Crippen LogP contribution < -0.4 is 14.2 Å². The van der Waals surface area contributed by atoms with Gasteiger partial charge < -0.3 is 23.5 Å². The van der Waals surface area contributed by atoms with E-state index in [-0.39, 0.29) is 11.9 Å². The monoisotopic (exact) mass is 383 g/mol. The summed E-state index contributed by atoms with van der Waals surface area (Å²) in [6.45, 7) is 4.42. The molecular formula is C22H25NO5. The SMILES string of the molecule is CCN(C(=O)c1cc(OC)c(OC)c(OC)c1)C(C)c1cc2ccccc2o1. The van der Waals surface area contributed by atoms with Crippen LogP contribution >= 0.6 is 0 Å². The van der Waals surface area contributed by atoms with E-state index in [1.54, 1.807) is 17.0 Å². The van der Waals surface area contributed by atoms with E-state index in [4.69, 9.17) is 18.6 Å². The lowest BCUT2D eigenvalue weighted by Gasteiger charge is -2.27. The standard InChI is InChI=1S/C22H25NO5/c1-6-23(14(2)18-11-15-9-7-8-10-17(15)28-18)22(24)16-12-19(25-3)21(27-5)20(13-16)26-4/h7-14H,6H2,1-5H3. The predicted molar refractivity (Wildman–Crippen MR) is 107 cm³/mol. The molecule has 0 saturated carbocycles. The summed E-state index contributed by atoms with van der Waals surface area (Å²) in [4.78, 5) is 15.0. The van der Waals surface area contributed by atoms with Crippen LogP contribution in [-0.2, 0) is 0 Å². The van der Waals surface area contributed by atoms with Crippen molar-refractivity contribution >= 4 is 16.9 Å². The number of hydrogen-bond donors (Lipinski definition) is 0. The van der Waals surface area contributed by atoms with Crippen LogP contribution in [0.25, 0.3) is 11.0 Å². The maximum atomic E-state index is 13.3. The van der Waals surface area contributed by atoms with E-state index < -0.39 is 0 Å². The van der Waals surface area contributed by atoms with Crippen molar-refractivity contribution in [1.82, 2.24) is 4.90 Å². The molecule has 148 valence electrons. The molecule has 1 amide bonds. The van der Waals surface area contributed by atoms with Crippen molar-refractivity contribution in [1.29, 1.82) is 0 Å². The van der Waals surface area contributed by atoms with Crippen molar-refractivity contribution in [3.05, 3.63) is 53.8 Å². The minimum atomic E-state index is -0.232. The first-order chi connectivity index (χ1) is 13.5. The van der Waals surface area contributed by atoms with Crippen molar-refractivity contribution in [2.24, 2.45) is 0 Å². The van der Waals surface area contributed by atoms with Gasteiger partial charge >= 0.3 is 0 Å². The molecule has 3 rings (SSSR count). The Bertz CT molecular complexity index is 920. The molecule has 1 unspecified atom stereocenters. The zero-order chi connectivity index (χ0) is 20.3. The third kappa shape index (κ3) is 3.50. The van der Waals surface area contributed by atoms with Crippen LogP contribution in [0.1, 0.15) is 36.0 Å². The van der Waals surface area contributed by atoms with Gasteiger partial charge in [-0.05, 0) is 38.1 Å². The van der Waals surface area contributed by atoms with Crippen LogP contribution in [0.2, 0.25) is 0 Å². The van der Waals surface area contributed by atoms with Gasteiger partial charge in [0.05, 0.1) is 27.4 Å². The van der Waals surface area contributed by atoms with E-state index in [0.717, 1.165) is 16.7 Å². The first kappa shape index (κ1) is 19.6. The normalized spacial score (nSPS) is 11.9. The summed E-state index contributed by atoms with van der Waals surface area (Å²) >= 11 is 0. The first-order valence-electron chi connectivity index (χ1n) is 9.13. The Kier molecular flexibility index (Phi) is 5.78. The largest absolute Gasteiger partial charge is 0.493 e. The molecule has 0 saturated heterocycles. The van der Waals surface area contributed by atoms with Crippen LogP contribution in [0.3, 0.4) is 0 Å². The fraction of sp³-hybridized carbons (Fsp3) is 0.318. The van der Waals surface area contributed by atoms with E-state index in [9.17, 15) is 4.79 Å². The van der Waals surface area contributed by atoms with Gasteiger partial charge in [0, 0.05) is 17.5 Å². The van der Waals surface area contributed by atoms with Crippen molar-refractivity contribution in [3.63, 3.8) is 0 Å². The second-order valence-electron chi connectivity index (χ2n) is 6.37. The molecule has 0 radical (unpaired) electrons. The number of fused-ring (bicyclic) bond motifs is 1. The highest BCUT2D eigenvalue weighted by Crippen LogP contribution is 2.39. The molecule has 28 heavy (non-hydrogen) atoms. The third-order valence-corrected chi connectivity index (χ3v) is 4.84. The summed E-state index contributed by atoms with van der Waals surface area (Å²) < 4.78 is 22.0. The highest BCUT2D eigenvalue weighted by Gasteiger charge is 2.26. The second kappa shape index (κ2) is 8.25. The van der Waals surface area contributed by atoms with Crippen LogP contribution in [0, 0.1) is 0 Å². The fourth-order valence-electron chi connectivity index (χ4n) is 3.33. The summed E-state index contributed by atoms with van der Waals surface area (Å²) in [5.41, 5.74) is 1.26. The Morgan fingerprint density at radius 3 is 2.21 bits per heavy atom. The zero-order valence-electron chi connectivity index (χ0n) is 16.8. The maximum Gasteiger partial charge on any atom is 0.254 e. The van der Waals surface area contributed by atoms with E-state index in [1.807, 2.05) is 44.2 Å². The van der Waals surface area contributed by atoms with Gasteiger partial charge in [-0.3, -0.25) is 4.79 Å². The lowest BCUT2D eigenvalue weighted by molar-refractivity contribution is 0.0683. The molecule has 1 aromatic heterocycles. The molecule has 0 aliphatic rings. The minimum Gasteiger partial charge on any atom is -0.493 e. The van der Waals surface area contributed by atoms with E-state index in [0.29, 0.717) is 29.4 Å². The van der Waals surface area contributed by atoms with Gasteiger partial charge in [-0.15, -0.1) is 0 Å². The molecule has 0 N–H and O–H groups in total. The van der Waals surface area contributed by atoms with Crippen LogP contribution in [0.5, 0.6) is 17.2 Å². The van der Waals surface area contributed by atoms with Gasteiger partial charge in [0.2, 0.25) is 5.75 Å². The average molecular weight is 383 g/mol. The van der Waals surface area contributed by atoms with Crippen molar-refractivity contribution < 1.29 is 23.4 Å². The zero-order valence-corrected chi connectivity index (χ0v) is 16.8. The van der Waals surface area contributed by atoms with Gasteiger partial charge in [-0.2, -0.15) is 0 Å². The minimum absolute atomic E-state index is 0.144. The van der Waals surface area contributed by atoms with Crippen LogP contribution in [0.4, 0.5) is 0 Å².